The van der Waals surface area contributed by atoms with E-state index in [4.69, 9.17) is 4.42 Å². The largest absolute Gasteiger partial charge is 0.469 e. The van der Waals surface area contributed by atoms with Crippen molar-refractivity contribution >= 4 is 5.91 Å². The Hall–Kier alpha value is -2.07. The quantitative estimate of drug-likeness (QED) is 0.817. The van der Waals surface area contributed by atoms with E-state index in [-0.39, 0.29) is 5.91 Å². The minimum Gasteiger partial charge on any atom is -0.469 e. The van der Waals surface area contributed by atoms with Crippen molar-refractivity contribution in [2.24, 2.45) is 11.8 Å². The second-order valence-electron chi connectivity index (χ2n) is 7.81. The van der Waals surface area contributed by atoms with Crippen molar-refractivity contribution in [2.75, 3.05) is 13.1 Å². The van der Waals surface area contributed by atoms with Gasteiger partial charge in [-0.25, -0.2) is 0 Å². The number of amides is 1. The lowest BCUT2D eigenvalue weighted by Crippen LogP contribution is -2.38. The Kier molecular flexibility index (Phi) is 6.51. The maximum Gasteiger partial charge on any atom is 0.220 e. The number of aryl methyl sites for hydroxylation is 1. The van der Waals surface area contributed by atoms with Gasteiger partial charge in [-0.1, -0.05) is 38.1 Å². The molecule has 0 bridgehead atoms. The zero-order valence-electron chi connectivity index (χ0n) is 15.9. The van der Waals surface area contributed by atoms with E-state index in [1.165, 1.54) is 25.1 Å². The summed E-state index contributed by atoms with van der Waals surface area (Å²) in [5, 5.41) is 2.98. The van der Waals surface area contributed by atoms with E-state index in [0.29, 0.717) is 19.4 Å². The minimum absolute atomic E-state index is 0.0572. The van der Waals surface area contributed by atoms with Crippen molar-refractivity contribution in [3.8, 4) is 0 Å². The Balaban J connectivity index is 1.41. The third-order valence-electron chi connectivity index (χ3n) is 5.04. The number of carbonyl (C=O) groups is 1. The van der Waals surface area contributed by atoms with Gasteiger partial charge >= 0.3 is 0 Å². The molecule has 0 spiro atoms. The summed E-state index contributed by atoms with van der Waals surface area (Å²) in [5.74, 6) is 2.48. The molecule has 0 aliphatic carbocycles. The fraction of sp³-hybridized carbons (Fsp3) is 0.500. The first-order valence-corrected chi connectivity index (χ1v) is 9.67. The molecule has 2 aromatic rings. The molecule has 1 aliphatic rings. The molecule has 0 radical (unpaired) electrons. The number of likely N-dealkylation sites (tertiary alicyclic amines) is 1. The van der Waals surface area contributed by atoms with Crippen LogP contribution in [0.3, 0.4) is 0 Å². The molecule has 1 aliphatic heterocycles. The highest BCUT2D eigenvalue weighted by Crippen LogP contribution is 2.22. The van der Waals surface area contributed by atoms with Crippen LogP contribution in [0.4, 0.5) is 0 Å². The Labute approximate surface area is 156 Å². The fourth-order valence-electron chi connectivity index (χ4n) is 3.92. The van der Waals surface area contributed by atoms with Crippen LogP contribution in [0.25, 0.3) is 0 Å². The fourth-order valence-corrected chi connectivity index (χ4v) is 3.92. The summed E-state index contributed by atoms with van der Waals surface area (Å²) >= 11 is 0. The van der Waals surface area contributed by atoms with Crippen molar-refractivity contribution in [2.45, 2.75) is 46.2 Å². The summed E-state index contributed by atoms with van der Waals surface area (Å²) in [7, 11) is 0. The van der Waals surface area contributed by atoms with Crippen LogP contribution in [-0.4, -0.2) is 23.9 Å². The summed E-state index contributed by atoms with van der Waals surface area (Å²) in [4.78, 5) is 14.5. The van der Waals surface area contributed by atoms with Crippen LogP contribution in [0.1, 0.15) is 43.6 Å². The van der Waals surface area contributed by atoms with Crippen molar-refractivity contribution in [1.29, 1.82) is 0 Å². The van der Waals surface area contributed by atoms with E-state index in [1.54, 1.807) is 6.26 Å². The SMILES string of the molecule is C[C@@H]1C[C@H](C)CN(Cc2ccc(CNC(=O)CCc3ccco3)cc2)C1. The number of hydrogen-bond acceptors (Lipinski definition) is 3. The summed E-state index contributed by atoms with van der Waals surface area (Å²) in [6, 6.07) is 12.4. The second kappa shape index (κ2) is 9.04. The molecule has 4 heteroatoms. The van der Waals surface area contributed by atoms with Gasteiger partial charge in [-0.15, -0.1) is 0 Å². The predicted molar refractivity (Wildman–Crippen MR) is 104 cm³/mol. The number of piperidine rings is 1. The molecule has 3 rings (SSSR count). The van der Waals surface area contributed by atoms with Crippen molar-refractivity contribution in [3.63, 3.8) is 0 Å². The van der Waals surface area contributed by atoms with Gasteiger partial charge in [0.2, 0.25) is 5.91 Å². The standard InChI is InChI=1S/C22H30N2O2/c1-17-12-18(2)15-24(14-17)16-20-7-5-19(6-8-20)13-23-22(25)10-9-21-4-3-11-26-21/h3-8,11,17-18H,9-10,12-16H2,1-2H3,(H,23,25)/t17-,18+. The number of hydrogen-bond donors (Lipinski definition) is 1. The van der Waals surface area contributed by atoms with Crippen LogP contribution in [0.5, 0.6) is 0 Å². The third kappa shape index (κ3) is 5.73. The van der Waals surface area contributed by atoms with Crippen LogP contribution in [0.2, 0.25) is 0 Å². The van der Waals surface area contributed by atoms with E-state index >= 15 is 0 Å². The first-order valence-electron chi connectivity index (χ1n) is 9.67. The van der Waals surface area contributed by atoms with E-state index in [2.05, 4.69) is 48.3 Å². The van der Waals surface area contributed by atoms with Gasteiger partial charge in [0.1, 0.15) is 5.76 Å². The summed E-state index contributed by atoms with van der Waals surface area (Å²) in [6.45, 7) is 8.68. The second-order valence-corrected chi connectivity index (χ2v) is 7.81. The van der Waals surface area contributed by atoms with Gasteiger partial charge in [-0.2, -0.15) is 0 Å². The molecular formula is C22H30N2O2. The van der Waals surface area contributed by atoms with Gasteiger partial charge in [-0.05, 0) is 41.5 Å². The van der Waals surface area contributed by atoms with Gasteiger partial charge in [0, 0.05) is 39.0 Å². The zero-order chi connectivity index (χ0) is 18.4. The van der Waals surface area contributed by atoms with Crippen molar-refractivity contribution in [3.05, 3.63) is 59.5 Å². The molecule has 2 heterocycles. The molecule has 140 valence electrons. The molecule has 26 heavy (non-hydrogen) atoms. The first-order chi connectivity index (χ1) is 12.6. The van der Waals surface area contributed by atoms with E-state index < -0.39 is 0 Å². The van der Waals surface area contributed by atoms with E-state index in [9.17, 15) is 4.79 Å². The van der Waals surface area contributed by atoms with Gasteiger partial charge < -0.3 is 9.73 Å². The monoisotopic (exact) mass is 354 g/mol. The molecule has 2 atom stereocenters. The lowest BCUT2D eigenvalue weighted by molar-refractivity contribution is -0.121. The minimum atomic E-state index is 0.0572. The van der Waals surface area contributed by atoms with Gasteiger partial charge in [-0.3, -0.25) is 9.69 Å². The van der Waals surface area contributed by atoms with Crippen molar-refractivity contribution in [1.82, 2.24) is 10.2 Å². The van der Waals surface area contributed by atoms with Gasteiger partial charge in [0.05, 0.1) is 6.26 Å². The van der Waals surface area contributed by atoms with Crippen LogP contribution in [-0.2, 0) is 24.3 Å². The maximum absolute atomic E-state index is 11.9. The molecule has 1 saturated heterocycles. The number of furan rings is 1. The van der Waals surface area contributed by atoms with Crippen LogP contribution in [0, 0.1) is 11.8 Å². The highest BCUT2D eigenvalue weighted by molar-refractivity contribution is 5.76. The third-order valence-corrected chi connectivity index (χ3v) is 5.04. The molecule has 1 fully saturated rings. The molecule has 4 nitrogen and oxygen atoms in total. The molecule has 1 aromatic carbocycles. The van der Waals surface area contributed by atoms with Gasteiger partial charge in [0.15, 0.2) is 0 Å². The average molecular weight is 354 g/mol. The van der Waals surface area contributed by atoms with E-state index in [0.717, 1.165) is 29.7 Å². The Morgan fingerprint density at radius 2 is 1.81 bits per heavy atom. The van der Waals surface area contributed by atoms with Crippen LogP contribution in [0.15, 0.2) is 47.1 Å². The average Bonchev–Trinajstić information content (AvgIpc) is 3.12. The molecule has 0 unspecified atom stereocenters. The Morgan fingerprint density at radius 3 is 2.46 bits per heavy atom. The zero-order valence-corrected chi connectivity index (χ0v) is 15.9. The highest BCUT2D eigenvalue weighted by Gasteiger charge is 2.21. The lowest BCUT2D eigenvalue weighted by Gasteiger charge is -2.35. The van der Waals surface area contributed by atoms with E-state index in [1.807, 2.05) is 12.1 Å². The summed E-state index contributed by atoms with van der Waals surface area (Å²) in [6.07, 6.45) is 4.08. The number of rotatable bonds is 7. The summed E-state index contributed by atoms with van der Waals surface area (Å²) in [5.41, 5.74) is 2.49. The highest BCUT2D eigenvalue weighted by atomic mass is 16.3. The number of nitrogens with one attached hydrogen (secondary N) is 1. The normalized spacial score (nSPS) is 20.8. The number of benzene rings is 1. The van der Waals surface area contributed by atoms with Crippen molar-refractivity contribution < 1.29 is 9.21 Å². The first kappa shape index (κ1) is 18.7. The van der Waals surface area contributed by atoms with Gasteiger partial charge in [0.25, 0.3) is 0 Å². The topological polar surface area (TPSA) is 45.5 Å². The Morgan fingerprint density at radius 1 is 1.12 bits per heavy atom. The Bertz CT molecular complexity index is 669. The smallest absolute Gasteiger partial charge is 0.220 e. The van der Waals surface area contributed by atoms with Crippen LogP contribution < -0.4 is 5.32 Å². The molecule has 0 saturated carbocycles. The lowest BCUT2D eigenvalue weighted by atomic mass is 9.91. The maximum atomic E-state index is 11.9. The predicted octanol–water partition coefficient (Wildman–Crippen LogP) is 4.01. The number of carbonyl (C=O) groups excluding carboxylic acids is 1. The molecule has 1 amide bonds. The molecule has 1 N–H and O–H groups in total. The van der Waals surface area contributed by atoms with Crippen LogP contribution >= 0.6 is 0 Å². The molecule has 1 aromatic heterocycles. The number of nitrogens with zero attached hydrogens (tertiary/aromatic N) is 1. The molecular weight excluding hydrogens is 324 g/mol. The summed E-state index contributed by atoms with van der Waals surface area (Å²) < 4.78 is 5.25.